The van der Waals surface area contributed by atoms with Crippen LogP contribution in [-0.2, 0) is 9.53 Å². The normalized spacial score (nSPS) is 10.1. The van der Waals surface area contributed by atoms with Crippen LogP contribution in [0.3, 0.4) is 0 Å². The monoisotopic (exact) mass is 452 g/mol. The number of anilines is 1. The van der Waals surface area contributed by atoms with E-state index >= 15 is 0 Å². The van der Waals surface area contributed by atoms with Crippen molar-refractivity contribution in [1.29, 1.82) is 0 Å². The van der Waals surface area contributed by atoms with E-state index in [0.717, 1.165) is 0 Å². The van der Waals surface area contributed by atoms with E-state index in [-0.39, 0.29) is 16.9 Å². The minimum Gasteiger partial charge on any atom is -0.495 e. The molecule has 0 spiro atoms. The van der Waals surface area contributed by atoms with Gasteiger partial charge in [-0.25, -0.2) is 4.79 Å². The number of nitro benzene ring substituents is 1. The van der Waals surface area contributed by atoms with Crippen molar-refractivity contribution in [3.8, 4) is 11.5 Å². The zero-order valence-electron chi connectivity index (χ0n) is 15.3. The van der Waals surface area contributed by atoms with Gasteiger partial charge >= 0.3 is 5.97 Å². The maximum absolute atomic E-state index is 12.2. The van der Waals surface area contributed by atoms with Crippen molar-refractivity contribution < 1.29 is 28.7 Å². The summed E-state index contributed by atoms with van der Waals surface area (Å²) in [7, 11) is 2.87. The molecule has 0 saturated carbocycles. The number of carbonyl (C=O) groups excluding carboxylic acids is 2. The Morgan fingerprint density at radius 3 is 2.32 bits per heavy atom. The third-order valence-corrected chi connectivity index (χ3v) is 4.57. The second-order valence-corrected chi connectivity index (χ2v) is 6.32. The van der Waals surface area contributed by atoms with Crippen molar-refractivity contribution in [3.63, 3.8) is 0 Å². The predicted molar refractivity (Wildman–Crippen MR) is 104 cm³/mol. The summed E-state index contributed by atoms with van der Waals surface area (Å²) in [6, 6.07) is 7.19. The number of ether oxygens (including phenoxy) is 3. The molecule has 1 amide bonds. The zero-order chi connectivity index (χ0) is 20.8. The minimum atomic E-state index is -0.755. The summed E-state index contributed by atoms with van der Waals surface area (Å²) in [6.45, 7) is 0.946. The first-order valence-corrected chi connectivity index (χ1v) is 8.70. The quantitative estimate of drug-likeness (QED) is 0.388. The number of halogens is 1. The second-order valence-electron chi connectivity index (χ2n) is 5.53. The Morgan fingerprint density at radius 1 is 1.18 bits per heavy atom. The van der Waals surface area contributed by atoms with E-state index in [0.29, 0.717) is 21.5 Å². The van der Waals surface area contributed by atoms with Crippen LogP contribution in [0.25, 0.3) is 0 Å². The van der Waals surface area contributed by atoms with Gasteiger partial charge in [-0.05, 0) is 41.1 Å². The topological polar surface area (TPSA) is 117 Å². The number of rotatable bonds is 7. The van der Waals surface area contributed by atoms with Gasteiger partial charge < -0.3 is 19.5 Å². The van der Waals surface area contributed by atoms with E-state index in [4.69, 9.17) is 14.2 Å². The molecule has 2 rings (SSSR count). The average Bonchev–Trinajstić information content (AvgIpc) is 2.67. The molecule has 28 heavy (non-hydrogen) atoms. The third kappa shape index (κ3) is 4.77. The average molecular weight is 453 g/mol. The molecule has 1 N–H and O–H groups in total. The van der Waals surface area contributed by atoms with Crippen LogP contribution in [0.1, 0.15) is 15.9 Å². The number of nitrogens with zero attached hydrogens (tertiary/aromatic N) is 1. The summed E-state index contributed by atoms with van der Waals surface area (Å²) in [5.41, 5.74) is 0.580. The lowest BCUT2D eigenvalue weighted by Crippen LogP contribution is -2.21. The Labute approximate surface area is 168 Å². The highest BCUT2D eigenvalue weighted by molar-refractivity contribution is 9.10. The lowest BCUT2D eigenvalue weighted by Gasteiger charge is -2.12. The highest BCUT2D eigenvalue weighted by Crippen LogP contribution is 2.35. The summed E-state index contributed by atoms with van der Waals surface area (Å²) < 4.78 is 15.9. The van der Waals surface area contributed by atoms with Crippen molar-refractivity contribution >= 4 is 39.2 Å². The molecular weight excluding hydrogens is 436 g/mol. The zero-order valence-corrected chi connectivity index (χ0v) is 16.9. The smallest absolute Gasteiger partial charge is 0.338 e. The first-order valence-electron chi connectivity index (χ1n) is 7.91. The number of amides is 1. The van der Waals surface area contributed by atoms with Crippen molar-refractivity contribution in [1.82, 2.24) is 0 Å². The molecule has 0 aliphatic carbocycles. The summed E-state index contributed by atoms with van der Waals surface area (Å²) >= 11 is 3.29. The van der Waals surface area contributed by atoms with Gasteiger partial charge in [0.2, 0.25) is 0 Å². The van der Waals surface area contributed by atoms with E-state index in [2.05, 4.69) is 21.2 Å². The summed E-state index contributed by atoms with van der Waals surface area (Å²) in [4.78, 5) is 34.7. The van der Waals surface area contributed by atoms with Gasteiger partial charge in [0.1, 0.15) is 16.0 Å². The van der Waals surface area contributed by atoms with E-state index < -0.39 is 23.4 Å². The van der Waals surface area contributed by atoms with Gasteiger partial charge in [-0.2, -0.15) is 0 Å². The Morgan fingerprint density at radius 2 is 1.79 bits per heavy atom. The molecule has 0 radical (unpaired) electrons. The molecule has 0 unspecified atom stereocenters. The van der Waals surface area contributed by atoms with E-state index in [1.807, 2.05) is 0 Å². The van der Waals surface area contributed by atoms with E-state index in [9.17, 15) is 19.7 Å². The Hall–Kier alpha value is -3.14. The lowest BCUT2D eigenvalue weighted by molar-refractivity contribution is -0.385. The number of benzene rings is 2. The fraction of sp³-hybridized carbons (Fsp3) is 0.222. The first kappa shape index (κ1) is 21.2. The van der Waals surface area contributed by atoms with Crippen molar-refractivity contribution in [3.05, 3.63) is 56.0 Å². The standard InChI is InChI=1S/C18H17BrN2O7/c1-10-12(5-4-6-13(10)21(24)25)20-16(22)9-28-18(23)11-7-14(26-2)17(19)15(8-11)27-3/h4-8H,9H2,1-3H3,(H,20,22). The van der Waals surface area contributed by atoms with Crippen LogP contribution in [0.15, 0.2) is 34.8 Å². The Balaban J connectivity index is 2.07. The summed E-state index contributed by atoms with van der Waals surface area (Å²) in [5, 5.41) is 13.4. The predicted octanol–water partition coefficient (Wildman–Crippen LogP) is 3.48. The van der Waals surface area contributed by atoms with Crippen LogP contribution >= 0.6 is 15.9 Å². The van der Waals surface area contributed by atoms with E-state index in [1.54, 1.807) is 0 Å². The summed E-state index contributed by atoms with van der Waals surface area (Å²) in [6.07, 6.45) is 0. The van der Waals surface area contributed by atoms with Crippen LogP contribution in [0.2, 0.25) is 0 Å². The van der Waals surface area contributed by atoms with Gasteiger partial charge in [0, 0.05) is 6.07 Å². The van der Waals surface area contributed by atoms with Gasteiger partial charge in [0.15, 0.2) is 6.61 Å². The van der Waals surface area contributed by atoms with Crippen LogP contribution < -0.4 is 14.8 Å². The number of methoxy groups -OCH3 is 2. The highest BCUT2D eigenvalue weighted by Gasteiger charge is 2.18. The third-order valence-electron chi connectivity index (χ3n) is 3.79. The van der Waals surface area contributed by atoms with Crippen LogP contribution in [-0.4, -0.2) is 37.6 Å². The molecule has 9 nitrogen and oxygen atoms in total. The molecular formula is C18H17BrN2O7. The molecule has 0 bridgehead atoms. The van der Waals surface area contributed by atoms with Crippen molar-refractivity contribution in [2.75, 3.05) is 26.1 Å². The Bertz CT molecular complexity index is 905. The number of hydrogen-bond acceptors (Lipinski definition) is 7. The summed E-state index contributed by atoms with van der Waals surface area (Å²) in [5.74, 6) is -0.658. The molecule has 0 atom stereocenters. The highest BCUT2D eigenvalue weighted by atomic mass is 79.9. The molecule has 0 fully saturated rings. The molecule has 2 aromatic carbocycles. The van der Waals surface area contributed by atoms with Gasteiger partial charge in [0.05, 0.1) is 36.0 Å². The Kier molecular flexibility index (Phi) is 6.94. The van der Waals surface area contributed by atoms with E-state index in [1.165, 1.54) is 51.5 Å². The fourth-order valence-electron chi connectivity index (χ4n) is 2.34. The number of nitrogens with one attached hydrogen (secondary N) is 1. The largest absolute Gasteiger partial charge is 0.495 e. The SMILES string of the molecule is COc1cc(C(=O)OCC(=O)Nc2cccc([N+](=O)[O-])c2C)cc(OC)c1Br. The number of nitro groups is 1. The maximum atomic E-state index is 12.2. The van der Waals surface area contributed by atoms with Gasteiger partial charge in [-0.15, -0.1) is 0 Å². The molecule has 0 heterocycles. The van der Waals surface area contributed by atoms with Crippen LogP contribution in [0.4, 0.5) is 11.4 Å². The minimum absolute atomic E-state index is 0.121. The van der Waals surface area contributed by atoms with Gasteiger partial charge in [0.25, 0.3) is 11.6 Å². The van der Waals surface area contributed by atoms with Crippen LogP contribution in [0, 0.1) is 17.0 Å². The lowest BCUT2D eigenvalue weighted by atomic mass is 10.1. The molecule has 2 aromatic rings. The van der Waals surface area contributed by atoms with Crippen LogP contribution in [0.5, 0.6) is 11.5 Å². The first-order chi connectivity index (χ1) is 13.3. The molecule has 148 valence electrons. The van der Waals surface area contributed by atoms with Crippen molar-refractivity contribution in [2.24, 2.45) is 0 Å². The number of esters is 1. The molecule has 0 saturated heterocycles. The second kappa shape index (κ2) is 9.18. The number of carbonyl (C=O) groups is 2. The molecule has 0 aliphatic rings. The fourth-order valence-corrected chi connectivity index (χ4v) is 2.90. The number of hydrogen-bond donors (Lipinski definition) is 1. The maximum Gasteiger partial charge on any atom is 0.338 e. The molecule has 0 aliphatic heterocycles. The van der Waals surface area contributed by atoms with Gasteiger partial charge in [-0.1, -0.05) is 6.07 Å². The molecule has 10 heteroatoms. The molecule has 0 aromatic heterocycles. The van der Waals surface area contributed by atoms with Gasteiger partial charge in [-0.3, -0.25) is 14.9 Å². The van der Waals surface area contributed by atoms with Crippen molar-refractivity contribution in [2.45, 2.75) is 6.92 Å².